The molecule has 0 aromatic carbocycles. The first-order chi connectivity index (χ1) is 3.72. The maximum atomic E-state index is 10.3. The molecule has 2 nitrogen and oxygen atoms in total. The average Bonchev–Trinajstić information content (AvgIpc) is 1.69. The van der Waals surface area contributed by atoms with Crippen LogP contribution < -0.4 is 0 Å². The Hall–Kier alpha value is -0.530. The molecule has 0 saturated heterocycles. The maximum absolute atomic E-state index is 10.3. The van der Waals surface area contributed by atoms with Crippen LogP contribution >= 0.6 is 0 Å². The number of nitrogens with zero attached hydrogens (tertiary/aromatic N) is 1. The van der Waals surface area contributed by atoms with Crippen LogP contribution in [0.3, 0.4) is 0 Å². The Kier molecular flexibility index (Phi) is 3.24. The summed E-state index contributed by atoms with van der Waals surface area (Å²) in [6, 6.07) is 0. The van der Waals surface area contributed by atoms with Gasteiger partial charge in [-0.25, -0.2) is 0 Å². The quantitative estimate of drug-likeness (QED) is 0.512. The van der Waals surface area contributed by atoms with Gasteiger partial charge in [-0.3, -0.25) is 4.79 Å². The van der Waals surface area contributed by atoms with Crippen LogP contribution in [0.4, 0.5) is 0 Å². The van der Waals surface area contributed by atoms with E-state index >= 15 is 0 Å². The third-order valence-corrected chi connectivity index (χ3v) is 1.08. The molecule has 0 atom stereocenters. The minimum atomic E-state index is -0.338. The van der Waals surface area contributed by atoms with E-state index in [4.69, 9.17) is 6.92 Å². The van der Waals surface area contributed by atoms with Gasteiger partial charge in [0, 0.05) is 13.1 Å². The summed E-state index contributed by atoms with van der Waals surface area (Å²) in [5.74, 6) is -0.338. The van der Waals surface area contributed by atoms with E-state index < -0.39 is 0 Å². The van der Waals surface area contributed by atoms with Crippen molar-refractivity contribution in [3.63, 3.8) is 0 Å². The Labute approximate surface area is 50.5 Å². The van der Waals surface area contributed by atoms with Crippen molar-refractivity contribution in [2.75, 3.05) is 13.1 Å². The van der Waals surface area contributed by atoms with Crippen LogP contribution in [0.2, 0.25) is 0 Å². The van der Waals surface area contributed by atoms with E-state index in [1.807, 2.05) is 13.8 Å². The Morgan fingerprint density at radius 3 is 1.88 bits per heavy atom. The Morgan fingerprint density at radius 1 is 1.50 bits per heavy atom. The van der Waals surface area contributed by atoms with Gasteiger partial charge in [-0.2, -0.15) is 0 Å². The Bertz CT molecular complexity index is 76.6. The molecule has 0 aromatic rings. The predicted octanol–water partition coefficient (Wildman–Crippen LogP) is 0.566. The van der Waals surface area contributed by atoms with Gasteiger partial charge >= 0.3 is 0 Å². The summed E-state index contributed by atoms with van der Waals surface area (Å²) in [5, 5.41) is 0. The van der Waals surface area contributed by atoms with Crippen LogP contribution in [0.5, 0.6) is 0 Å². The number of rotatable bonds is 2. The average molecular weight is 113 g/mol. The van der Waals surface area contributed by atoms with E-state index in [-0.39, 0.29) is 5.91 Å². The second-order valence-electron chi connectivity index (χ2n) is 1.51. The summed E-state index contributed by atoms with van der Waals surface area (Å²) < 4.78 is 0. The molecule has 2 radical (unpaired) electrons. The summed E-state index contributed by atoms with van der Waals surface area (Å²) >= 11 is 0. The van der Waals surface area contributed by atoms with Gasteiger partial charge in [0.05, 0.1) is 6.92 Å². The summed E-state index contributed by atoms with van der Waals surface area (Å²) in [7, 11) is 0. The van der Waals surface area contributed by atoms with Gasteiger partial charge in [0.1, 0.15) is 0 Å². The van der Waals surface area contributed by atoms with Crippen LogP contribution in [-0.2, 0) is 4.79 Å². The van der Waals surface area contributed by atoms with Crippen LogP contribution in [0.1, 0.15) is 13.8 Å². The van der Waals surface area contributed by atoms with E-state index in [1.54, 1.807) is 4.90 Å². The van der Waals surface area contributed by atoms with Crippen molar-refractivity contribution in [2.45, 2.75) is 13.8 Å². The second-order valence-corrected chi connectivity index (χ2v) is 1.51. The van der Waals surface area contributed by atoms with Crippen molar-refractivity contribution in [1.29, 1.82) is 0 Å². The third-order valence-electron chi connectivity index (χ3n) is 1.08. The summed E-state index contributed by atoms with van der Waals surface area (Å²) in [6.45, 7) is 10.1. The molecule has 8 heavy (non-hydrogen) atoms. The molecule has 0 rings (SSSR count). The van der Waals surface area contributed by atoms with E-state index in [9.17, 15) is 4.79 Å². The number of carbonyl (C=O) groups excluding carboxylic acids is 1. The van der Waals surface area contributed by atoms with Crippen molar-refractivity contribution in [3.05, 3.63) is 6.92 Å². The van der Waals surface area contributed by atoms with E-state index in [0.717, 1.165) is 0 Å². The first-order valence-corrected chi connectivity index (χ1v) is 2.76. The SMILES string of the molecule is [CH]C(=O)N(CC)CC. The largest absolute Gasteiger partial charge is 0.343 e. The molecule has 1 amide bonds. The molecular weight excluding hydrogens is 102 g/mol. The molecule has 0 aromatic heterocycles. The highest BCUT2D eigenvalue weighted by Crippen LogP contribution is 1.84. The zero-order chi connectivity index (χ0) is 6.57. The zero-order valence-electron chi connectivity index (χ0n) is 5.35. The lowest BCUT2D eigenvalue weighted by molar-refractivity contribution is -0.125. The lowest BCUT2D eigenvalue weighted by Gasteiger charge is -2.14. The number of carbonyl (C=O) groups is 1. The van der Waals surface area contributed by atoms with Crippen molar-refractivity contribution < 1.29 is 4.79 Å². The minimum absolute atomic E-state index is 0.338. The highest BCUT2D eigenvalue weighted by Gasteiger charge is 1.99. The first kappa shape index (κ1) is 7.47. The highest BCUT2D eigenvalue weighted by molar-refractivity contribution is 5.80. The fourth-order valence-corrected chi connectivity index (χ4v) is 0.535. The summed E-state index contributed by atoms with van der Waals surface area (Å²) in [6.07, 6.45) is 0. The van der Waals surface area contributed by atoms with Crippen LogP contribution in [0, 0.1) is 6.92 Å². The Balaban J connectivity index is 3.52. The monoisotopic (exact) mass is 113 g/mol. The minimum Gasteiger partial charge on any atom is -0.343 e. The smallest absolute Gasteiger partial charge is 0.227 e. The fourth-order valence-electron chi connectivity index (χ4n) is 0.535. The molecule has 0 unspecified atom stereocenters. The van der Waals surface area contributed by atoms with Gasteiger partial charge in [0.15, 0.2) is 0 Å². The van der Waals surface area contributed by atoms with Crippen LogP contribution in [0.25, 0.3) is 0 Å². The molecule has 46 valence electrons. The molecule has 0 aliphatic carbocycles. The van der Waals surface area contributed by atoms with Gasteiger partial charge in [0.25, 0.3) is 0 Å². The van der Waals surface area contributed by atoms with Crippen molar-refractivity contribution >= 4 is 5.91 Å². The summed E-state index contributed by atoms with van der Waals surface area (Å²) in [5.41, 5.74) is 0. The van der Waals surface area contributed by atoms with Crippen LogP contribution in [-0.4, -0.2) is 23.9 Å². The van der Waals surface area contributed by atoms with Crippen LogP contribution in [0.15, 0.2) is 0 Å². The molecule has 0 saturated carbocycles. The Morgan fingerprint density at radius 2 is 1.88 bits per heavy atom. The number of amides is 1. The van der Waals surface area contributed by atoms with E-state index in [0.29, 0.717) is 13.1 Å². The number of hydrogen-bond donors (Lipinski definition) is 0. The standard InChI is InChI=1S/C6H11NO/c1-4-7(5-2)6(3)8/h3H,4-5H2,1-2H3. The lowest BCUT2D eigenvalue weighted by Crippen LogP contribution is -2.27. The third kappa shape index (κ3) is 1.96. The normalized spacial score (nSPS) is 8.88. The number of hydrogen-bond acceptors (Lipinski definition) is 1. The highest BCUT2D eigenvalue weighted by atomic mass is 16.2. The predicted molar refractivity (Wildman–Crippen MR) is 32.2 cm³/mol. The molecule has 0 aliphatic rings. The van der Waals surface area contributed by atoms with Gasteiger partial charge in [-0.15, -0.1) is 0 Å². The zero-order valence-corrected chi connectivity index (χ0v) is 5.35. The molecule has 0 spiro atoms. The second kappa shape index (κ2) is 3.47. The van der Waals surface area contributed by atoms with Crippen molar-refractivity contribution in [1.82, 2.24) is 4.90 Å². The maximum Gasteiger partial charge on any atom is 0.227 e. The van der Waals surface area contributed by atoms with Gasteiger partial charge < -0.3 is 4.90 Å². The van der Waals surface area contributed by atoms with Gasteiger partial charge in [-0.05, 0) is 13.8 Å². The molecule has 0 N–H and O–H groups in total. The fraction of sp³-hybridized carbons (Fsp3) is 0.667. The van der Waals surface area contributed by atoms with Gasteiger partial charge in [0.2, 0.25) is 5.91 Å². The molecule has 2 heteroatoms. The molecule has 0 heterocycles. The van der Waals surface area contributed by atoms with E-state index in [2.05, 4.69) is 0 Å². The van der Waals surface area contributed by atoms with Crippen molar-refractivity contribution in [2.24, 2.45) is 0 Å². The molecule has 0 bridgehead atoms. The summed E-state index contributed by atoms with van der Waals surface area (Å²) in [4.78, 5) is 11.9. The van der Waals surface area contributed by atoms with Crippen molar-refractivity contribution in [3.8, 4) is 0 Å². The van der Waals surface area contributed by atoms with Gasteiger partial charge in [-0.1, -0.05) is 0 Å². The topological polar surface area (TPSA) is 20.3 Å². The lowest BCUT2D eigenvalue weighted by atomic mass is 10.5. The molecular formula is C6H11NO. The first-order valence-electron chi connectivity index (χ1n) is 2.76. The molecule has 0 fully saturated rings. The molecule has 0 aliphatic heterocycles. The van der Waals surface area contributed by atoms with E-state index in [1.165, 1.54) is 0 Å².